The van der Waals surface area contributed by atoms with Gasteiger partial charge >= 0.3 is 12.6 Å². The molecule has 0 saturated heterocycles. The van der Waals surface area contributed by atoms with Crippen LogP contribution in [0.25, 0.3) is 0 Å². The lowest BCUT2D eigenvalue weighted by Gasteiger charge is -2.22. The van der Waals surface area contributed by atoms with Crippen molar-refractivity contribution in [3.05, 3.63) is 92.7 Å². The Kier molecular flexibility index (Phi) is 10.2. The zero-order valence-corrected chi connectivity index (χ0v) is 24.9. The van der Waals surface area contributed by atoms with Gasteiger partial charge in [0, 0.05) is 17.4 Å². The first-order chi connectivity index (χ1) is 20.4. The maximum Gasteiger partial charge on any atom is 0.387 e. The molecular formula is C28H26Cl2F2N2O8S. The molecule has 2 aromatic carbocycles. The molecule has 3 aromatic rings. The molecule has 15 heteroatoms. The van der Waals surface area contributed by atoms with Crippen molar-refractivity contribution in [2.45, 2.75) is 32.0 Å². The van der Waals surface area contributed by atoms with Gasteiger partial charge < -0.3 is 24.2 Å². The van der Waals surface area contributed by atoms with Gasteiger partial charge in [0.05, 0.1) is 25.0 Å². The summed E-state index contributed by atoms with van der Waals surface area (Å²) in [5.74, 6) is -0.664. The first kappa shape index (κ1) is 32.1. The maximum absolute atomic E-state index is 13.4. The quantitative estimate of drug-likeness (QED) is 0.126. The van der Waals surface area contributed by atoms with Gasteiger partial charge in [-0.3, -0.25) is 4.72 Å². The SMILES string of the molecule is C=CS(=O)(=O)Nc1cc(C(=O)OC(Cc2c(Cl)c[n+]([O-])cc2Cl)c2ccc(OC(F)F)c(OCC3CC3)c2)ccc1OC. The number of rotatable bonds is 14. The highest BCUT2D eigenvalue weighted by Gasteiger charge is 2.27. The molecule has 0 spiro atoms. The van der Waals surface area contributed by atoms with Crippen molar-refractivity contribution >= 4 is 44.9 Å². The van der Waals surface area contributed by atoms with Crippen molar-refractivity contribution in [2.24, 2.45) is 5.92 Å². The molecule has 1 fully saturated rings. The third kappa shape index (κ3) is 8.62. The topological polar surface area (TPSA) is 127 Å². The molecule has 1 saturated carbocycles. The zero-order chi connectivity index (χ0) is 31.3. The van der Waals surface area contributed by atoms with E-state index in [1.807, 2.05) is 0 Å². The van der Waals surface area contributed by atoms with Crippen LogP contribution in [0.5, 0.6) is 17.2 Å². The molecule has 0 bridgehead atoms. The molecule has 1 N–H and O–H groups in total. The first-order valence-electron chi connectivity index (χ1n) is 12.7. The molecule has 10 nitrogen and oxygen atoms in total. The minimum Gasteiger partial charge on any atom is -0.619 e. The van der Waals surface area contributed by atoms with Crippen LogP contribution in [-0.2, 0) is 21.2 Å². The molecule has 1 aliphatic rings. The van der Waals surface area contributed by atoms with E-state index in [0.717, 1.165) is 25.2 Å². The number of ether oxygens (including phenoxy) is 4. The fourth-order valence-corrected chi connectivity index (χ4v) is 5.12. The number of carbonyl (C=O) groups is 1. The van der Waals surface area contributed by atoms with E-state index in [0.29, 0.717) is 21.6 Å². The molecule has 43 heavy (non-hydrogen) atoms. The number of benzene rings is 2. The summed E-state index contributed by atoms with van der Waals surface area (Å²) in [4.78, 5) is 13.4. The number of esters is 1. The summed E-state index contributed by atoms with van der Waals surface area (Å²) in [6.07, 6.45) is 2.78. The molecule has 4 rings (SSSR count). The van der Waals surface area contributed by atoms with Gasteiger partial charge in [-0.05, 0) is 54.7 Å². The second-order valence-corrected chi connectivity index (χ2v) is 11.9. The summed E-state index contributed by atoms with van der Waals surface area (Å²) in [7, 11) is -2.63. The van der Waals surface area contributed by atoms with Crippen molar-refractivity contribution < 1.29 is 45.7 Å². The number of sulfonamides is 1. The third-order valence-electron chi connectivity index (χ3n) is 6.33. The van der Waals surface area contributed by atoms with Crippen molar-refractivity contribution in [1.82, 2.24) is 0 Å². The van der Waals surface area contributed by atoms with Gasteiger partial charge in [0.1, 0.15) is 21.9 Å². The van der Waals surface area contributed by atoms with Crippen molar-refractivity contribution in [3.8, 4) is 17.2 Å². The van der Waals surface area contributed by atoms with Crippen LogP contribution < -0.4 is 23.7 Å². The first-order valence-corrected chi connectivity index (χ1v) is 15.0. The van der Waals surface area contributed by atoms with E-state index in [2.05, 4.69) is 16.0 Å². The Hall–Kier alpha value is -3.81. The molecule has 1 aliphatic carbocycles. The Balaban J connectivity index is 1.72. The van der Waals surface area contributed by atoms with Gasteiger partial charge in [-0.15, -0.1) is 0 Å². The summed E-state index contributed by atoms with van der Waals surface area (Å²) < 4.78 is 74.4. The van der Waals surface area contributed by atoms with E-state index in [9.17, 15) is 27.2 Å². The number of nitrogens with one attached hydrogen (secondary N) is 1. The highest BCUT2D eigenvalue weighted by atomic mass is 35.5. The largest absolute Gasteiger partial charge is 0.619 e. The lowest BCUT2D eigenvalue weighted by molar-refractivity contribution is -0.605. The second-order valence-electron chi connectivity index (χ2n) is 9.46. The van der Waals surface area contributed by atoms with Crippen LogP contribution in [0, 0.1) is 11.1 Å². The van der Waals surface area contributed by atoms with Gasteiger partial charge in [0.15, 0.2) is 23.9 Å². The molecule has 1 heterocycles. The number of carbonyl (C=O) groups excluding carboxylic acids is 1. The van der Waals surface area contributed by atoms with Crippen LogP contribution in [0.3, 0.4) is 0 Å². The molecule has 1 aromatic heterocycles. The number of hydrogen-bond acceptors (Lipinski definition) is 8. The molecule has 1 atom stereocenters. The highest BCUT2D eigenvalue weighted by Crippen LogP contribution is 2.38. The van der Waals surface area contributed by atoms with Crippen LogP contribution in [0.15, 0.2) is 60.8 Å². The van der Waals surface area contributed by atoms with Crippen molar-refractivity contribution in [3.63, 3.8) is 0 Å². The fraction of sp³-hybridized carbons (Fsp3) is 0.286. The zero-order valence-electron chi connectivity index (χ0n) is 22.6. The summed E-state index contributed by atoms with van der Waals surface area (Å²) in [6.45, 7) is 0.418. The predicted molar refractivity (Wildman–Crippen MR) is 154 cm³/mol. The van der Waals surface area contributed by atoms with Crippen LogP contribution in [0.2, 0.25) is 10.0 Å². The van der Waals surface area contributed by atoms with Gasteiger partial charge in [-0.1, -0.05) is 35.8 Å². The lowest BCUT2D eigenvalue weighted by atomic mass is 10.0. The second kappa shape index (κ2) is 13.7. The molecular weight excluding hydrogens is 633 g/mol. The number of halogens is 4. The Morgan fingerprint density at radius 1 is 1.14 bits per heavy atom. The summed E-state index contributed by atoms with van der Waals surface area (Å²) >= 11 is 12.6. The van der Waals surface area contributed by atoms with E-state index in [4.69, 9.17) is 37.4 Å². The number of anilines is 1. The van der Waals surface area contributed by atoms with E-state index in [1.165, 1.54) is 43.5 Å². The lowest BCUT2D eigenvalue weighted by Crippen LogP contribution is -2.25. The predicted octanol–water partition coefficient (Wildman–Crippen LogP) is 6.05. The van der Waals surface area contributed by atoms with Crippen LogP contribution in [0.1, 0.15) is 40.4 Å². The minimum atomic E-state index is -3.95. The number of alkyl halides is 2. The molecule has 0 radical (unpaired) electrons. The summed E-state index contributed by atoms with van der Waals surface area (Å²) in [6, 6.07) is 8.02. The van der Waals surface area contributed by atoms with Gasteiger partial charge in [-0.25, -0.2) is 13.2 Å². The monoisotopic (exact) mass is 658 g/mol. The van der Waals surface area contributed by atoms with Crippen LogP contribution in [-0.4, -0.2) is 34.7 Å². The number of pyridine rings is 1. The van der Waals surface area contributed by atoms with Gasteiger partial charge in [0.25, 0.3) is 10.0 Å². The number of nitrogens with zero attached hydrogens (tertiary/aromatic N) is 1. The number of methoxy groups -OCH3 is 1. The Bertz CT molecular complexity index is 1600. The molecule has 0 aliphatic heterocycles. The number of hydrogen-bond donors (Lipinski definition) is 1. The summed E-state index contributed by atoms with van der Waals surface area (Å²) in [5, 5.41) is 12.5. The van der Waals surface area contributed by atoms with Crippen molar-refractivity contribution in [2.75, 3.05) is 18.4 Å². The fourth-order valence-electron chi connectivity index (χ4n) is 3.97. The highest BCUT2D eigenvalue weighted by molar-refractivity contribution is 7.95. The van der Waals surface area contributed by atoms with Gasteiger partial charge in [-0.2, -0.15) is 13.5 Å². The third-order valence-corrected chi connectivity index (χ3v) is 7.93. The maximum atomic E-state index is 13.4. The minimum absolute atomic E-state index is 0.00280. The van der Waals surface area contributed by atoms with Gasteiger partial charge in [0.2, 0.25) is 0 Å². The molecule has 230 valence electrons. The molecule has 1 unspecified atom stereocenters. The average molecular weight is 659 g/mol. The smallest absolute Gasteiger partial charge is 0.387 e. The van der Waals surface area contributed by atoms with Crippen LogP contribution >= 0.6 is 23.2 Å². The van der Waals surface area contributed by atoms with E-state index in [-0.39, 0.29) is 57.1 Å². The van der Waals surface area contributed by atoms with Crippen molar-refractivity contribution in [1.29, 1.82) is 0 Å². The number of aromatic nitrogens is 1. The molecule has 0 amide bonds. The van der Waals surface area contributed by atoms with Crippen LogP contribution in [0.4, 0.5) is 14.5 Å². The van der Waals surface area contributed by atoms with E-state index in [1.54, 1.807) is 0 Å². The van der Waals surface area contributed by atoms with E-state index < -0.39 is 28.7 Å². The Morgan fingerprint density at radius 3 is 2.42 bits per heavy atom. The average Bonchev–Trinajstić information content (AvgIpc) is 3.78. The van der Waals surface area contributed by atoms with E-state index >= 15 is 0 Å². The summed E-state index contributed by atoms with van der Waals surface area (Å²) in [5.41, 5.74) is 0.480. The normalized spacial score (nSPS) is 13.7. The Morgan fingerprint density at radius 2 is 1.81 bits per heavy atom. The Labute approximate surface area is 256 Å². The standard InChI is InChI=1S/C28H26Cl2F2N2O8S/c1-3-43(37,38)33-22-10-18(7-8-23(22)39-2)27(35)41-25(12-19-20(29)13-34(36)14-21(19)30)17-6-9-24(42-28(31)32)26(11-17)40-15-16-4-5-16/h3,6-11,13-14,16,25,28,33H,1,4-5,12,15H2,2H3.